The van der Waals surface area contributed by atoms with Gasteiger partial charge in [0, 0.05) is 3.57 Å². The molecule has 7 heteroatoms. The maximum atomic E-state index is 11.7. The van der Waals surface area contributed by atoms with Crippen LogP contribution in [-0.4, -0.2) is 22.6 Å². The number of urea groups is 1. The van der Waals surface area contributed by atoms with Crippen molar-refractivity contribution in [1.82, 2.24) is 5.32 Å². The second kappa shape index (κ2) is 4.93. The summed E-state index contributed by atoms with van der Waals surface area (Å²) in [6.45, 7) is 0. The maximum absolute atomic E-state index is 11.7. The smallest absolute Gasteiger partial charge is 0.329 e. The van der Waals surface area contributed by atoms with Gasteiger partial charge in [-0.15, -0.1) is 0 Å². The molecule has 0 aliphatic heterocycles. The van der Waals surface area contributed by atoms with E-state index in [-0.39, 0.29) is 0 Å². The number of carbonyl (C=O) groups excluding carboxylic acids is 1. The van der Waals surface area contributed by atoms with E-state index in [9.17, 15) is 9.59 Å². The molecule has 1 saturated carbocycles. The summed E-state index contributed by atoms with van der Waals surface area (Å²) < 4.78 is 0.952. The highest BCUT2D eigenvalue weighted by Crippen LogP contribution is 2.35. The largest absolute Gasteiger partial charge is 0.480 e. The van der Waals surface area contributed by atoms with Crippen molar-refractivity contribution in [2.75, 3.05) is 5.32 Å². The van der Waals surface area contributed by atoms with Gasteiger partial charge in [-0.1, -0.05) is 11.6 Å². The van der Waals surface area contributed by atoms with Gasteiger partial charge in [0.1, 0.15) is 5.54 Å². The van der Waals surface area contributed by atoms with E-state index in [2.05, 4.69) is 33.2 Å². The van der Waals surface area contributed by atoms with Crippen LogP contribution in [0.2, 0.25) is 5.02 Å². The molecule has 1 aromatic rings. The summed E-state index contributed by atoms with van der Waals surface area (Å²) in [5.41, 5.74) is -0.643. The number of carbonyl (C=O) groups is 2. The summed E-state index contributed by atoms with van der Waals surface area (Å²) in [5, 5.41) is 14.3. The topological polar surface area (TPSA) is 78.4 Å². The highest BCUT2D eigenvalue weighted by atomic mass is 127. The first-order valence-corrected chi connectivity index (χ1v) is 6.66. The van der Waals surface area contributed by atoms with E-state index in [1.165, 1.54) is 0 Å². The van der Waals surface area contributed by atoms with Gasteiger partial charge in [0.05, 0.1) is 10.7 Å². The van der Waals surface area contributed by atoms with Crippen molar-refractivity contribution in [3.8, 4) is 0 Å². The number of rotatable bonds is 3. The summed E-state index contributed by atoms with van der Waals surface area (Å²) in [7, 11) is 0. The van der Waals surface area contributed by atoms with Gasteiger partial charge >= 0.3 is 12.0 Å². The predicted molar refractivity (Wildman–Crippen MR) is 75.9 cm³/mol. The fraction of sp³-hybridized carbons (Fsp3) is 0.273. The third kappa shape index (κ3) is 2.86. The lowest BCUT2D eigenvalue weighted by molar-refractivity contribution is -0.140. The van der Waals surface area contributed by atoms with Gasteiger partial charge in [0.25, 0.3) is 0 Å². The molecule has 0 saturated heterocycles. The van der Waals surface area contributed by atoms with Crippen LogP contribution in [0.3, 0.4) is 0 Å². The molecular weight excluding hydrogens is 370 g/mol. The van der Waals surface area contributed by atoms with Gasteiger partial charge in [-0.3, -0.25) is 0 Å². The highest BCUT2D eigenvalue weighted by Gasteiger charge is 2.51. The van der Waals surface area contributed by atoms with Gasteiger partial charge in [-0.2, -0.15) is 0 Å². The number of benzene rings is 1. The number of aliphatic carboxylic acids is 1. The average Bonchev–Trinajstić information content (AvgIpc) is 3.03. The third-order valence-corrected chi connectivity index (χ3v) is 3.68. The number of carboxylic acid groups (broad SMARTS) is 1. The van der Waals surface area contributed by atoms with Crippen molar-refractivity contribution < 1.29 is 14.7 Å². The van der Waals surface area contributed by atoms with Gasteiger partial charge in [-0.25, -0.2) is 9.59 Å². The molecule has 0 aromatic heterocycles. The number of hydrogen-bond acceptors (Lipinski definition) is 2. The molecule has 2 rings (SSSR count). The Morgan fingerprint density at radius 2 is 2.06 bits per heavy atom. The van der Waals surface area contributed by atoms with Gasteiger partial charge in [-0.05, 0) is 53.6 Å². The van der Waals surface area contributed by atoms with E-state index in [1.807, 2.05) is 0 Å². The van der Waals surface area contributed by atoms with E-state index in [1.54, 1.807) is 18.2 Å². The van der Waals surface area contributed by atoms with Crippen molar-refractivity contribution in [2.24, 2.45) is 0 Å². The molecule has 0 atom stereocenters. The van der Waals surface area contributed by atoms with E-state index in [4.69, 9.17) is 16.7 Å². The lowest BCUT2D eigenvalue weighted by Crippen LogP contribution is -2.45. The number of anilines is 1. The third-order valence-electron chi connectivity index (χ3n) is 2.69. The zero-order valence-electron chi connectivity index (χ0n) is 9.17. The minimum absolute atomic E-state index is 0.414. The van der Waals surface area contributed by atoms with Gasteiger partial charge in [0.2, 0.25) is 0 Å². The molecule has 0 radical (unpaired) electrons. The summed E-state index contributed by atoms with van der Waals surface area (Å²) in [6.07, 6.45) is 0.909. The average molecular weight is 381 g/mol. The molecule has 0 unspecified atom stereocenters. The second-order valence-corrected chi connectivity index (χ2v) is 5.74. The molecule has 0 spiro atoms. The molecule has 1 aliphatic carbocycles. The Morgan fingerprint density at radius 1 is 1.39 bits per heavy atom. The van der Waals surface area contributed by atoms with Crippen molar-refractivity contribution in [3.63, 3.8) is 0 Å². The zero-order valence-corrected chi connectivity index (χ0v) is 12.1. The lowest BCUT2D eigenvalue weighted by atomic mass is 10.3. The Balaban J connectivity index is 2.02. The van der Waals surface area contributed by atoms with Crippen LogP contribution in [0.5, 0.6) is 0 Å². The van der Waals surface area contributed by atoms with Crippen LogP contribution >= 0.6 is 34.2 Å². The molecule has 0 heterocycles. The lowest BCUT2D eigenvalue weighted by Gasteiger charge is -2.14. The van der Waals surface area contributed by atoms with Gasteiger partial charge in [0.15, 0.2) is 0 Å². The Bertz CT molecular complexity index is 517. The number of carboxylic acids is 1. The van der Waals surface area contributed by atoms with Crippen LogP contribution in [-0.2, 0) is 4.79 Å². The fourth-order valence-corrected chi connectivity index (χ4v) is 2.38. The first kappa shape index (κ1) is 13.4. The minimum Gasteiger partial charge on any atom is -0.480 e. The van der Waals surface area contributed by atoms with Crippen LogP contribution in [0.1, 0.15) is 12.8 Å². The Morgan fingerprint density at radius 3 is 2.56 bits per heavy atom. The predicted octanol–water partition coefficient (Wildman–Crippen LogP) is 2.68. The molecule has 1 aromatic carbocycles. The quantitative estimate of drug-likeness (QED) is 0.706. The second-order valence-electron chi connectivity index (χ2n) is 4.09. The zero-order chi connectivity index (χ0) is 13.3. The summed E-state index contributed by atoms with van der Waals surface area (Å²) in [4.78, 5) is 22.6. The van der Waals surface area contributed by atoms with Crippen molar-refractivity contribution >= 4 is 51.9 Å². The normalized spacial score (nSPS) is 15.9. The fourth-order valence-electron chi connectivity index (χ4n) is 1.48. The van der Waals surface area contributed by atoms with Gasteiger partial charge < -0.3 is 15.7 Å². The standard InChI is InChI=1S/C11H10ClIN2O3/c12-7-5-6(13)1-2-8(7)14-10(18)15-11(3-4-11)9(16)17/h1-2,5H,3-4H2,(H,16,17)(H2,14,15,18). The van der Waals surface area contributed by atoms with E-state index in [0.717, 1.165) is 3.57 Å². The van der Waals surface area contributed by atoms with E-state index in [0.29, 0.717) is 23.6 Å². The summed E-state index contributed by atoms with van der Waals surface area (Å²) in [6, 6.07) is 4.62. The SMILES string of the molecule is O=C(Nc1ccc(I)cc1Cl)NC1(C(=O)O)CC1. The van der Waals surface area contributed by atoms with Crippen LogP contribution in [0.15, 0.2) is 18.2 Å². The molecule has 0 bridgehead atoms. The number of nitrogens with one attached hydrogen (secondary N) is 2. The molecule has 3 N–H and O–H groups in total. The Hall–Kier alpha value is -1.02. The van der Waals surface area contributed by atoms with Crippen LogP contribution in [0.4, 0.5) is 10.5 Å². The molecule has 1 fully saturated rings. The maximum Gasteiger partial charge on any atom is 0.329 e. The van der Waals surface area contributed by atoms with E-state index >= 15 is 0 Å². The first-order chi connectivity index (χ1) is 8.43. The monoisotopic (exact) mass is 380 g/mol. The summed E-state index contributed by atoms with van der Waals surface area (Å²) in [5.74, 6) is -1.01. The molecule has 18 heavy (non-hydrogen) atoms. The van der Waals surface area contributed by atoms with E-state index < -0.39 is 17.5 Å². The van der Waals surface area contributed by atoms with Crippen molar-refractivity contribution in [1.29, 1.82) is 0 Å². The molecule has 2 amide bonds. The van der Waals surface area contributed by atoms with Crippen LogP contribution in [0.25, 0.3) is 0 Å². The molecule has 5 nitrogen and oxygen atoms in total. The highest BCUT2D eigenvalue weighted by molar-refractivity contribution is 14.1. The Kier molecular flexibility index (Phi) is 3.67. The van der Waals surface area contributed by atoms with Crippen LogP contribution in [0, 0.1) is 3.57 Å². The molecule has 96 valence electrons. The van der Waals surface area contributed by atoms with Crippen LogP contribution < -0.4 is 10.6 Å². The molecule has 1 aliphatic rings. The summed E-state index contributed by atoms with van der Waals surface area (Å²) >= 11 is 8.07. The van der Waals surface area contributed by atoms with Crippen molar-refractivity contribution in [3.05, 3.63) is 26.8 Å². The minimum atomic E-state index is -1.10. The number of hydrogen-bond donors (Lipinski definition) is 3. The van der Waals surface area contributed by atoms with Crippen molar-refractivity contribution in [2.45, 2.75) is 18.4 Å². The first-order valence-electron chi connectivity index (χ1n) is 5.20. The molecular formula is C11H10ClIN2O3. The Labute approximate surface area is 122 Å². The number of amides is 2. The number of halogens is 2.